The van der Waals surface area contributed by atoms with Gasteiger partial charge in [-0.1, -0.05) is 0 Å². The molecule has 1 fully saturated rings. The van der Waals surface area contributed by atoms with Crippen LogP contribution in [0, 0.1) is 5.82 Å². The quantitative estimate of drug-likeness (QED) is 0.787. The van der Waals surface area contributed by atoms with Gasteiger partial charge in [-0.2, -0.15) is 5.10 Å². The van der Waals surface area contributed by atoms with Crippen molar-refractivity contribution in [3.05, 3.63) is 11.9 Å². The summed E-state index contributed by atoms with van der Waals surface area (Å²) in [5.41, 5.74) is 5.76. The first kappa shape index (κ1) is 10.2. The third-order valence-electron chi connectivity index (χ3n) is 2.66. The molecular formula is C9H8F3N5. The summed E-state index contributed by atoms with van der Waals surface area (Å²) in [6.07, 6.45) is 0. The number of nitrogen functional groups attached to an aromatic ring is 1. The smallest absolute Gasteiger partial charge is 0.282 e. The number of nitrogens with zero attached hydrogens (tertiary/aromatic N) is 3. The Labute approximate surface area is 93.4 Å². The highest BCUT2D eigenvalue weighted by molar-refractivity contribution is 5.87. The molecule has 17 heavy (non-hydrogen) atoms. The first-order valence-corrected chi connectivity index (χ1v) is 4.89. The number of hydrogen-bond acceptors (Lipinski definition) is 4. The molecule has 1 saturated heterocycles. The van der Waals surface area contributed by atoms with E-state index in [2.05, 4.69) is 15.2 Å². The Hall–Kier alpha value is -1.99. The zero-order chi connectivity index (χ0) is 12.2. The SMILES string of the molecule is Nc1n[nH]c2nc(N3CC(F)(F)C3)c(F)cc12. The fourth-order valence-electron chi connectivity index (χ4n) is 1.82. The van der Waals surface area contributed by atoms with Crippen molar-refractivity contribution < 1.29 is 13.2 Å². The summed E-state index contributed by atoms with van der Waals surface area (Å²) < 4.78 is 39.0. The van der Waals surface area contributed by atoms with Crippen molar-refractivity contribution >= 4 is 22.7 Å². The molecule has 0 bridgehead atoms. The van der Waals surface area contributed by atoms with Gasteiger partial charge in [0.1, 0.15) is 0 Å². The molecule has 5 nitrogen and oxygen atoms in total. The van der Waals surface area contributed by atoms with Crippen molar-refractivity contribution in [2.24, 2.45) is 0 Å². The predicted octanol–water partition coefficient (Wildman–Crippen LogP) is 1.13. The largest absolute Gasteiger partial charge is 0.382 e. The molecule has 3 heterocycles. The minimum Gasteiger partial charge on any atom is -0.382 e. The molecule has 0 aromatic carbocycles. The van der Waals surface area contributed by atoms with Crippen molar-refractivity contribution in [2.75, 3.05) is 23.7 Å². The van der Waals surface area contributed by atoms with Crippen molar-refractivity contribution in [3.63, 3.8) is 0 Å². The normalized spacial score (nSPS) is 18.4. The summed E-state index contributed by atoms with van der Waals surface area (Å²) >= 11 is 0. The Balaban J connectivity index is 2.03. The Morgan fingerprint density at radius 1 is 1.41 bits per heavy atom. The molecule has 2 aromatic rings. The van der Waals surface area contributed by atoms with Crippen molar-refractivity contribution in [1.82, 2.24) is 15.2 Å². The van der Waals surface area contributed by atoms with Crippen molar-refractivity contribution in [1.29, 1.82) is 0 Å². The number of aromatic amines is 1. The molecule has 2 aromatic heterocycles. The highest BCUT2D eigenvalue weighted by atomic mass is 19.3. The molecule has 90 valence electrons. The average molecular weight is 243 g/mol. The molecule has 1 aliphatic heterocycles. The van der Waals surface area contributed by atoms with Gasteiger partial charge in [-0.15, -0.1) is 0 Å². The minimum atomic E-state index is -2.77. The molecule has 0 spiro atoms. The fourth-order valence-corrected chi connectivity index (χ4v) is 1.82. The molecule has 3 N–H and O–H groups in total. The number of pyridine rings is 1. The summed E-state index contributed by atoms with van der Waals surface area (Å²) in [5, 5.41) is 6.52. The lowest BCUT2D eigenvalue weighted by atomic mass is 10.1. The fraction of sp³-hybridized carbons (Fsp3) is 0.333. The number of anilines is 2. The van der Waals surface area contributed by atoms with E-state index in [4.69, 9.17) is 5.73 Å². The van der Waals surface area contributed by atoms with E-state index < -0.39 is 24.8 Å². The van der Waals surface area contributed by atoms with Gasteiger partial charge in [-0.05, 0) is 6.07 Å². The molecule has 0 atom stereocenters. The van der Waals surface area contributed by atoms with Crippen LogP contribution in [0.4, 0.5) is 24.8 Å². The predicted molar refractivity (Wildman–Crippen MR) is 55.4 cm³/mol. The summed E-state index contributed by atoms with van der Waals surface area (Å²) in [5.74, 6) is -3.42. The molecule has 0 aliphatic carbocycles. The van der Waals surface area contributed by atoms with Crippen LogP contribution in [0.3, 0.4) is 0 Å². The number of rotatable bonds is 1. The number of halogens is 3. The van der Waals surface area contributed by atoms with Crippen LogP contribution < -0.4 is 10.6 Å². The van der Waals surface area contributed by atoms with Crippen molar-refractivity contribution in [3.8, 4) is 0 Å². The topological polar surface area (TPSA) is 70.8 Å². The number of nitrogens with one attached hydrogen (secondary N) is 1. The second-order valence-electron chi connectivity index (χ2n) is 4.01. The third kappa shape index (κ3) is 1.48. The number of nitrogens with two attached hydrogens (primary N) is 1. The van der Waals surface area contributed by atoms with Gasteiger partial charge in [0.15, 0.2) is 23.1 Å². The Morgan fingerprint density at radius 3 is 2.76 bits per heavy atom. The van der Waals surface area contributed by atoms with Gasteiger partial charge >= 0.3 is 0 Å². The number of hydrogen-bond donors (Lipinski definition) is 2. The van der Waals surface area contributed by atoms with E-state index in [0.717, 1.165) is 6.07 Å². The van der Waals surface area contributed by atoms with Crippen LogP contribution in [0.25, 0.3) is 11.0 Å². The van der Waals surface area contributed by atoms with E-state index in [1.165, 1.54) is 4.90 Å². The standard InChI is InChI=1S/C9H8F3N5/c10-5-1-4-6(13)15-16-7(4)14-8(5)17-2-9(11,12)3-17/h1H,2-3H2,(H3,13,14,15,16). The highest BCUT2D eigenvalue weighted by Gasteiger charge is 2.45. The maximum absolute atomic E-state index is 13.7. The molecule has 0 saturated carbocycles. The first-order valence-electron chi connectivity index (χ1n) is 4.89. The zero-order valence-electron chi connectivity index (χ0n) is 8.54. The van der Waals surface area contributed by atoms with Gasteiger partial charge in [0.2, 0.25) is 0 Å². The van der Waals surface area contributed by atoms with Crippen LogP contribution >= 0.6 is 0 Å². The second-order valence-corrected chi connectivity index (χ2v) is 4.01. The number of H-pyrrole nitrogens is 1. The lowest BCUT2D eigenvalue weighted by molar-refractivity contribution is -0.0270. The molecule has 8 heteroatoms. The summed E-state index contributed by atoms with van der Waals surface area (Å²) in [6.45, 7) is -1.04. The number of alkyl halides is 2. The number of fused-ring (bicyclic) bond motifs is 1. The monoisotopic (exact) mass is 243 g/mol. The minimum absolute atomic E-state index is 0.105. The maximum Gasteiger partial charge on any atom is 0.282 e. The van der Waals surface area contributed by atoms with Gasteiger partial charge in [-0.25, -0.2) is 18.2 Å². The third-order valence-corrected chi connectivity index (χ3v) is 2.66. The van der Waals surface area contributed by atoms with Gasteiger partial charge < -0.3 is 10.6 Å². The highest BCUT2D eigenvalue weighted by Crippen LogP contribution is 2.33. The van der Waals surface area contributed by atoms with Crippen molar-refractivity contribution in [2.45, 2.75) is 5.92 Å². The molecule has 0 amide bonds. The van der Waals surface area contributed by atoms with E-state index in [-0.39, 0.29) is 17.3 Å². The summed E-state index contributed by atoms with van der Waals surface area (Å²) in [7, 11) is 0. The Morgan fingerprint density at radius 2 is 2.12 bits per heavy atom. The zero-order valence-corrected chi connectivity index (χ0v) is 8.54. The van der Waals surface area contributed by atoms with Crippen LogP contribution in [0.2, 0.25) is 0 Å². The molecule has 0 radical (unpaired) electrons. The van der Waals surface area contributed by atoms with Crippen LogP contribution in [0.1, 0.15) is 0 Å². The van der Waals surface area contributed by atoms with E-state index >= 15 is 0 Å². The lowest BCUT2D eigenvalue weighted by Crippen LogP contribution is -2.57. The average Bonchev–Trinajstić information content (AvgIpc) is 2.56. The molecule has 3 rings (SSSR count). The lowest BCUT2D eigenvalue weighted by Gasteiger charge is -2.39. The van der Waals surface area contributed by atoms with Gasteiger partial charge in [0.05, 0.1) is 18.5 Å². The van der Waals surface area contributed by atoms with Gasteiger partial charge in [0.25, 0.3) is 5.92 Å². The van der Waals surface area contributed by atoms with Crippen LogP contribution in [0.5, 0.6) is 0 Å². The van der Waals surface area contributed by atoms with E-state index in [1.54, 1.807) is 0 Å². The van der Waals surface area contributed by atoms with Crippen LogP contribution in [0.15, 0.2) is 6.07 Å². The van der Waals surface area contributed by atoms with E-state index in [9.17, 15) is 13.2 Å². The van der Waals surface area contributed by atoms with Crippen LogP contribution in [-0.4, -0.2) is 34.2 Å². The molecular weight excluding hydrogens is 235 g/mol. The van der Waals surface area contributed by atoms with Gasteiger partial charge in [-0.3, -0.25) is 5.10 Å². The second kappa shape index (κ2) is 3.02. The summed E-state index contributed by atoms with van der Waals surface area (Å²) in [6, 6.07) is 1.15. The summed E-state index contributed by atoms with van der Waals surface area (Å²) in [4.78, 5) is 5.08. The maximum atomic E-state index is 13.7. The van der Waals surface area contributed by atoms with E-state index in [0.29, 0.717) is 5.39 Å². The van der Waals surface area contributed by atoms with Gasteiger partial charge in [0, 0.05) is 0 Å². The Bertz CT molecular complexity index is 586. The first-order chi connectivity index (χ1) is 7.96. The Kier molecular flexibility index (Phi) is 1.81. The van der Waals surface area contributed by atoms with E-state index in [1.807, 2.05) is 0 Å². The van der Waals surface area contributed by atoms with Crippen LogP contribution in [-0.2, 0) is 0 Å². The molecule has 0 unspecified atom stereocenters. The number of aromatic nitrogens is 3. The molecule has 1 aliphatic rings.